The average Bonchev–Trinajstić information content (AvgIpc) is 2.70. The predicted molar refractivity (Wildman–Crippen MR) is 50.6 cm³/mol. The fourth-order valence-corrected chi connectivity index (χ4v) is 1.82. The largest absolute Gasteiger partial charge is 0.103 e. The van der Waals surface area contributed by atoms with Crippen LogP contribution in [0.25, 0.3) is 0 Å². The third-order valence-corrected chi connectivity index (χ3v) is 2.72. The minimum absolute atomic E-state index is 1.02. The molecule has 0 N–H and O–H groups in total. The standard InChI is InChI=1S/C11H20/c1-3-5-6-8-11-9-10(11)7-4-2/h4,10-11H,2-3,5-9H2,1H3/t10-,11-/m0/s1. The Kier molecular flexibility index (Phi) is 3.68. The van der Waals surface area contributed by atoms with Crippen LogP contribution in [-0.4, -0.2) is 0 Å². The molecule has 1 saturated carbocycles. The van der Waals surface area contributed by atoms with E-state index in [1.165, 1.54) is 38.5 Å². The number of unbranched alkanes of at least 4 members (excludes halogenated alkanes) is 2. The molecule has 0 spiro atoms. The van der Waals surface area contributed by atoms with Gasteiger partial charge in [-0.3, -0.25) is 0 Å². The first-order chi connectivity index (χ1) is 5.38. The second kappa shape index (κ2) is 4.58. The first-order valence-corrected chi connectivity index (χ1v) is 4.99. The number of rotatable bonds is 6. The quantitative estimate of drug-likeness (QED) is 0.401. The van der Waals surface area contributed by atoms with Gasteiger partial charge in [0.15, 0.2) is 0 Å². The Labute approximate surface area is 70.7 Å². The normalized spacial score (nSPS) is 28.5. The van der Waals surface area contributed by atoms with E-state index in [4.69, 9.17) is 0 Å². The van der Waals surface area contributed by atoms with E-state index in [1.807, 2.05) is 0 Å². The lowest BCUT2D eigenvalue weighted by molar-refractivity contribution is 0.583. The van der Waals surface area contributed by atoms with Gasteiger partial charge in [-0.05, 0) is 24.7 Å². The summed E-state index contributed by atoms with van der Waals surface area (Å²) in [5.41, 5.74) is 0. The Morgan fingerprint density at radius 3 is 2.82 bits per heavy atom. The van der Waals surface area contributed by atoms with Crippen molar-refractivity contribution in [3.8, 4) is 0 Å². The highest BCUT2D eigenvalue weighted by Crippen LogP contribution is 2.44. The van der Waals surface area contributed by atoms with Gasteiger partial charge < -0.3 is 0 Å². The molecule has 0 heterocycles. The number of allylic oxidation sites excluding steroid dienone is 1. The molecule has 1 fully saturated rings. The molecule has 1 rings (SSSR count). The van der Waals surface area contributed by atoms with Gasteiger partial charge in [0, 0.05) is 0 Å². The summed E-state index contributed by atoms with van der Waals surface area (Å²) in [4.78, 5) is 0. The smallest absolute Gasteiger partial charge is 0.0322 e. The molecule has 0 aromatic rings. The molecular formula is C11H20. The van der Waals surface area contributed by atoms with Crippen molar-refractivity contribution >= 4 is 0 Å². The van der Waals surface area contributed by atoms with E-state index >= 15 is 0 Å². The van der Waals surface area contributed by atoms with Crippen molar-refractivity contribution in [2.45, 2.75) is 45.4 Å². The second-order valence-electron chi connectivity index (χ2n) is 3.78. The van der Waals surface area contributed by atoms with Gasteiger partial charge in [-0.1, -0.05) is 38.7 Å². The molecule has 1 aliphatic carbocycles. The van der Waals surface area contributed by atoms with Crippen molar-refractivity contribution in [1.29, 1.82) is 0 Å². The maximum Gasteiger partial charge on any atom is -0.0322 e. The van der Waals surface area contributed by atoms with Crippen LogP contribution in [0.5, 0.6) is 0 Å². The molecule has 0 aromatic heterocycles. The minimum Gasteiger partial charge on any atom is -0.103 e. The maximum atomic E-state index is 3.77. The highest BCUT2D eigenvalue weighted by Gasteiger charge is 2.34. The number of hydrogen-bond donors (Lipinski definition) is 0. The van der Waals surface area contributed by atoms with Crippen LogP contribution in [0.15, 0.2) is 12.7 Å². The van der Waals surface area contributed by atoms with Gasteiger partial charge in [-0.25, -0.2) is 0 Å². The summed E-state index contributed by atoms with van der Waals surface area (Å²) in [5.74, 6) is 2.09. The Morgan fingerprint density at radius 2 is 2.18 bits per heavy atom. The Morgan fingerprint density at radius 1 is 1.36 bits per heavy atom. The molecule has 64 valence electrons. The SMILES string of the molecule is C=CC[C@H]1C[C@@H]1CCCCC. The van der Waals surface area contributed by atoms with Crippen molar-refractivity contribution in [2.75, 3.05) is 0 Å². The van der Waals surface area contributed by atoms with Crippen molar-refractivity contribution in [2.24, 2.45) is 11.8 Å². The van der Waals surface area contributed by atoms with E-state index in [0.717, 1.165) is 11.8 Å². The van der Waals surface area contributed by atoms with Crippen LogP contribution in [0.1, 0.15) is 45.4 Å². The van der Waals surface area contributed by atoms with Crippen LogP contribution in [0.3, 0.4) is 0 Å². The highest BCUT2D eigenvalue weighted by atomic mass is 14.4. The van der Waals surface area contributed by atoms with Gasteiger partial charge in [-0.2, -0.15) is 0 Å². The lowest BCUT2D eigenvalue weighted by atomic mass is 10.1. The van der Waals surface area contributed by atoms with Gasteiger partial charge in [0.25, 0.3) is 0 Å². The molecular weight excluding hydrogens is 132 g/mol. The lowest BCUT2D eigenvalue weighted by Crippen LogP contribution is -1.82. The van der Waals surface area contributed by atoms with Crippen molar-refractivity contribution in [3.63, 3.8) is 0 Å². The Hall–Kier alpha value is -0.260. The molecule has 0 aliphatic heterocycles. The first kappa shape index (κ1) is 8.83. The maximum absolute atomic E-state index is 3.77. The zero-order valence-corrected chi connectivity index (χ0v) is 7.68. The van der Waals surface area contributed by atoms with Crippen LogP contribution >= 0.6 is 0 Å². The molecule has 0 aromatic carbocycles. The number of hydrogen-bond acceptors (Lipinski definition) is 0. The topological polar surface area (TPSA) is 0 Å². The molecule has 0 saturated heterocycles. The zero-order valence-electron chi connectivity index (χ0n) is 7.68. The Balaban J connectivity index is 1.91. The van der Waals surface area contributed by atoms with Crippen molar-refractivity contribution in [3.05, 3.63) is 12.7 Å². The minimum atomic E-state index is 1.02. The van der Waals surface area contributed by atoms with E-state index in [2.05, 4.69) is 19.6 Å². The third-order valence-electron chi connectivity index (χ3n) is 2.72. The summed E-state index contributed by atoms with van der Waals surface area (Å²) in [7, 11) is 0. The van der Waals surface area contributed by atoms with E-state index in [9.17, 15) is 0 Å². The Bertz CT molecular complexity index is 115. The molecule has 2 atom stereocenters. The first-order valence-electron chi connectivity index (χ1n) is 4.99. The lowest BCUT2D eigenvalue weighted by Gasteiger charge is -1.96. The zero-order chi connectivity index (χ0) is 8.10. The summed E-state index contributed by atoms with van der Waals surface area (Å²) < 4.78 is 0. The van der Waals surface area contributed by atoms with Gasteiger partial charge in [-0.15, -0.1) is 6.58 Å². The highest BCUT2D eigenvalue weighted by molar-refractivity contribution is 4.90. The molecule has 1 aliphatic rings. The molecule has 0 amide bonds. The fraction of sp³-hybridized carbons (Fsp3) is 0.818. The van der Waals surface area contributed by atoms with Crippen LogP contribution in [0.2, 0.25) is 0 Å². The van der Waals surface area contributed by atoms with Crippen LogP contribution in [0, 0.1) is 11.8 Å². The van der Waals surface area contributed by atoms with Crippen LogP contribution < -0.4 is 0 Å². The summed E-state index contributed by atoms with van der Waals surface area (Å²) in [5, 5.41) is 0. The second-order valence-corrected chi connectivity index (χ2v) is 3.78. The molecule has 0 radical (unpaired) electrons. The van der Waals surface area contributed by atoms with Gasteiger partial charge >= 0.3 is 0 Å². The van der Waals surface area contributed by atoms with E-state index in [0.29, 0.717) is 0 Å². The van der Waals surface area contributed by atoms with E-state index in [-0.39, 0.29) is 0 Å². The van der Waals surface area contributed by atoms with E-state index in [1.54, 1.807) is 0 Å². The molecule has 0 unspecified atom stereocenters. The average molecular weight is 152 g/mol. The molecule has 11 heavy (non-hydrogen) atoms. The summed E-state index contributed by atoms with van der Waals surface area (Å²) in [6.45, 7) is 6.04. The van der Waals surface area contributed by atoms with Crippen LogP contribution in [-0.2, 0) is 0 Å². The molecule has 0 nitrogen and oxygen atoms in total. The van der Waals surface area contributed by atoms with E-state index < -0.39 is 0 Å². The molecule has 0 heteroatoms. The van der Waals surface area contributed by atoms with Gasteiger partial charge in [0.1, 0.15) is 0 Å². The predicted octanol–water partition coefficient (Wildman–Crippen LogP) is 3.78. The summed E-state index contributed by atoms with van der Waals surface area (Å²) in [6.07, 6.45) is 10.5. The van der Waals surface area contributed by atoms with Crippen molar-refractivity contribution in [1.82, 2.24) is 0 Å². The summed E-state index contributed by atoms with van der Waals surface area (Å²) in [6, 6.07) is 0. The van der Waals surface area contributed by atoms with Crippen molar-refractivity contribution < 1.29 is 0 Å². The van der Waals surface area contributed by atoms with Gasteiger partial charge in [0.05, 0.1) is 0 Å². The summed E-state index contributed by atoms with van der Waals surface area (Å²) >= 11 is 0. The third kappa shape index (κ3) is 3.09. The van der Waals surface area contributed by atoms with Crippen LogP contribution in [0.4, 0.5) is 0 Å². The molecule has 0 bridgehead atoms. The monoisotopic (exact) mass is 152 g/mol. The fourth-order valence-electron chi connectivity index (χ4n) is 1.82. The van der Waals surface area contributed by atoms with Gasteiger partial charge in [0.2, 0.25) is 0 Å².